The maximum Gasteiger partial charge on any atom is 0.408 e. The summed E-state index contributed by atoms with van der Waals surface area (Å²) in [5.74, 6) is 0.735. The van der Waals surface area contributed by atoms with E-state index >= 15 is 0 Å². The third-order valence-electron chi connectivity index (χ3n) is 4.18. The number of nitriles is 1. The van der Waals surface area contributed by atoms with Gasteiger partial charge < -0.3 is 15.0 Å². The van der Waals surface area contributed by atoms with E-state index in [2.05, 4.69) is 32.2 Å². The van der Waals surface area contributed by atoms with Gasteiger partial charge in [-0.3, -0.25) is 4.79 Å². The third-order valence-corrected chi connectivity index (χ3v) is 5.55. The van der Waals surface area contributed by atoms with Crippen molar-refractivity contribution in [1.29, 1.82) is 5.26 Å². The van der Waals surface area contributed by atoms with Crippen LogP contribution in [0.3, 0.4) is 0 Å². The summed E-state index contributed by atoms with van der Waals surface area (Å²) in [6.07, 6.45) is 1.12. The number of carbonyl (C=O) groups is 2. The minimum atomic E-state index is -0.686. The third kappa shape index (κ3) is 5.53. The van der Waals surface area contributed by atoms with Gasteiger partial charge in [0.05, 0.1) is 6.07 Å². The van der Waals surface area contributed by atoms with Crippen LogP contribution in [0.5, 0.6) is 0 Å². The molecule has 1 aliphatic heterocycles. The quantitative estimate of drug-likeness (QED) is 0.826. The van der Waals surface area contributed by atoms with Crippen molar-refractivity contribution >= 4 is 23.8 Å². The number of rotatable bonds is 4. The smallest absolute Gasteiger partial charge is 0.408 e. The van der Waals surface area contributed by atoms with Gasteiger partial charge in [0.15, 0.2) is 0 Å². The number of fused-ring (bicyclic) bond motifs is 1. The first-order chi connectivity index (χ1) is 11.4. The molecule has 0 bridgehead atoms. The fourth-order valence-corrected chi connectivity index (χ4v) is 3.92. The zero-order valence-electron chi connectivity index (χ0n) is 16.0. The number of likely N-dealkylation sites (tertiary alicyclic amines) is 1. The van der Waals surface area contributed by atoms with Crippen LogP contribution in [0.15, 0.2) is 0 Å². The highest BCUT2D eigenvalue weighted by Crippen LogP contribution is 2.48. The summed E-state index contributed by atoms with van der Waals surface area (Å²) in [6.45, 7) is 11.6. The summed E-state index contributed by atoms with van der Waals surface area (Å²) < 4.78 is 5.28. The van der Waals surface area contributed by atoms with Crippen molar-refractivity contribution in [3.63, 3.8) is 0 Å². The van der Waals surface area contributed by atoms with Gasteiger partial charge >= 0.3 is 6.09 Å². The van der Waals surface area contributed by atoms with Crippen LogP contribution in [0.25, 0.3) is 0 Å². The maximum absolute atomic E-state index is 13.1. The van der Waals surface area contributed by atoms with E-state index in [-0.39, 0.29) is 22.7 Å². The standard InChI is InChI=1S/C18H29N3O3S/c1-17(2,3)24-16(23)20-13(10-25-18(4,5)6)15(22)21-12(9-19)7-11-8-14(11)21/h11-14H,7-8,10H2,1-6H3,(H,20,23)/t11-,12?,13+,14+/m1/s1. The summed E-state index contributed by atoms with van der Waals surface area (Å²) in [5, 5.41) is 12.1. The zero-order valence-corrected chi connectivity index (χ0v) is 16.8. The summed E-state index contributed by atoms with van der Waals surface area (Å²) in [6, 6.07) is 1.33. The minimum absolute atomic E-state index is 0.0318. The molecule has 1 N–H and O–H groups in total. The number of carbonyl (C=O) groups excluding carboxylic acids is 2. The molecule has 4 atom stereocenters. The monoisotopic (exact) mass is 367 g/mol. The highest BCUT2D eigenvalue weighted by atomic mass is 32.2. The average Bonchev–Trinajstić information content (AvgIpc) is 3.10. The number of hydrogen-bond acceptors (Lipinski definition) is 5. The van der Waals surface area contributed by atoms with Gasteiger partial charge in [-0.15, -0.1) is 0 Å². The van der Waals surface area contributed by atoms with Crippen LogP contribution in [0.2, 0.25) is 0 Å². The predicted molar refractivity (Wildman–Crippen MR) is 98.1 cm³/mol. The molecule has 1 aliphatic carbocycles. The molecule has 140 valence electrons. The number of piperidine rings is 1. The van der Waals surface area contributed by atoms with Crippen LogP contribution in [-0.4, -0.2) is 51.1 Å². The number of nitrogens with one attached hydrogen (secondary N) is 1. The molecular weight excluding hydrogens is 338 g/mol. The van der Waals surface area contributed by atoms with Crippen LogP contribution in [0.4, 0.5) is 4.79 Å². The van der Waals surface area contributed by atoms with Crippen LogP contribution < -0.4 is 5.32 Å². The van der Waals surface area contributed by atoms with Crippen LogP contribution in [0, 0.1) is 17.2 Å². The number of alkyl carbamates (subject to hydrolysis) is 1. The lowest BCUT2D eigenvalue weighted by Gasteiger charge is -2.30. The van der Waals surface area contributed by atoms with Gasteiger partial charge in [0.25, 0.3) is 0 Å². The minimum Gasteiger partial charge on any atom is -0.444 e. The molecular formula is C18H29N3O3S. The second kappa shape index (κ2) is 7.06. The van der Waals surface area contributed by atoms with E-state index in [1.807, 2.05) is 0 Å². The SMILES string of the molecule is CC(C)(C)OC(=O)N[C@@H](CSC(C)(C)C)C(=O)N1C(C#N)C[C@@H]2C[C@@H]21. The van der Waals surface area contributed by atoms with Crippen LogP contribution in [-0.2, 0) is 9.53 Å². The molecule has 2 fully saturated rings. The van der Waals surface area contributed by atoms with Crippen LogP contribution >= 0.6 is 11.8 Å². The first kappa shape index (κ1) is 19.9. The topological polar surface area (TPSA) is 82.4 Å². The van der Waals surface area contributed by atoms with Crippen molar-refractivity contribution in [3.05, 3.63) is 0 Å². The van der Waals surface area contributed by atoms with Gasteiger partial charge in [-0.25, -0.2) is 4.79 Å². The van der Waals surface area contributed by atoms with Crippen molar-refractivity contribution in [1.82, 2.24) is 10.2 Å². The number of nitrogens with zero attached hydrogens (tertiary/aromatic N) is 2. The van der Waals surface area contributed by atoms with E-state index in [9.17, 15) is 14.9 Å². The first-order valence-corrected chi connectivity index (χ1v) is 9.75. The van der Waals surface area contributed by atoms with Crippen molar-refractivity contribution in [3.8, 4) is 6.07 Å². The fraction of sp³-hybridized carbons (Fsp3) is 0.833. The molecule has 1 heterocycles. The van der Waals surface area contributed by atoms with Gasteiger partial charge in [-0.2, -0.15) is 17.0 Å². The van der Waals surface area contributed by atoms with Crippen molar-refractivity contribution in [2.24, 2.45) is 5.92 Å². The fourth-order valence-electron chi connectivity index (χ4n) is 3.03. The Kier molecular flexibility index (Phi) is 5.62. The normalized spacial score (nSPS) is 26.4. The number of ether oxygens (including phenoxy) is 1. The molecule has 1 unspecified atom stereocenters. The largest absolute Gasteiger partial charge is 0.444 e. The number of amides is 2. The molecule has 25 heavy (non-hydrogen) atoms. The van der Waals surface area contributed by atoms with E-state index in [4.69, 9.17) is 4.74 Å². The highest BCUT2D eigenvalue weighted by molar-refractivity contribution is 8.00. The Labute approximate surface area is 154 Å². The van der Waals surface area contributed by atoms with Crippen molar-refractivity contribution in [2.75, 3.05) is 5.75 Å². The highest BCUT2D eigenvalue weighted by Gasteiger charge is 2.55. The average molecular weight is 368 g/mol. The molecule has 0 spiro atoms. The molecule has 2 rings (SSSR count). The Morgan fingerprint density at radius 3 is 2.44 bits per heavy atom. The van der Waals surface area contributed by atoms with Gasteiger partial charge in [-0.05, 0) is 39.5 Å². The zero-order chi connectivity index (χ0) is 19.0. The van der Waals surface area contributed by atoms with Gasteiger partial charge in [-0.1, -0.05) is 20.8 Å². The number of hydrogen-bond donors (Lipinski definition) is 1. The summed E-state index contributed by atoms with van der Waals surface area (Å²) in [4.78, 5) is 26.9. The molecule has 0 aromatic heterocycles. The Balaban J connectivity index is 2.09. The lowest BCUT2D eigenvalue weighted by atomic mass is 10.1. The maximum atomic E-state index is 13.1. The Bertz CT molecular complexity index is 574. The summed E-state index contributed by atoms with van der Waals surface area (Å²) >= 11 is 1.61. The Morgan fingerprint density at radius 2 is 1.92 bits per heavy atom. The van der Waals surface area contributed by atoms with E-state index in [1.54, 1.807) is 37.4 Å². The van der Waals surface area contributed by atoms with Gasteiger partial charge in [0, 0.05) is 16.5 Å². The lowest BCUT2D eigenvalue weighted by Crippen LogP contribution is -2.53. The lowest BCUT2D eigenvalue weighted by molar-refractivity contribution is -0.133. The molecule has 2 aliphatic rings. The molecule has 6 nitrogen and oxygen atoms in total. The summed E-state index contributed by atoms with van der Waals surface area (Å²) in [5.41, 5.74) is -0.626. The van der Waals surface area contributed by atoms with E-state index in [1.165, 1.54) is 0 Å². The first-order valence-electron chi connectivity index (χ1n) is 8.76. The van der Waals surface area contributed by atoms with Gasteiger partial charge in [0.1, 0.15) is 17.7 Å². The van der Waals surface area contributed by atoms with E-state index in [0.717, 1.165) is 12.8 Å². The predicted octanol–water partition coefficient (Wildman–Crippen LogP) is 2.92. The number of thioether (sulfide) groups is 1. The van der Waals surface area contributed by atoms with E-state index < -0.39 is 17.7 Å². The van der Waals surface area contributed by atoms with Crippen molar-refractivity contribution in [2.45, 2.75) is 82.9 Å². The molecule has 0 radical (unpaired) electrons. The second-order valence-electron chi connectivity index (χ2n) is 8.81. The molecule has 7 heteroatoms. The second-order valence-corrected chi connectivity index (χ2v) is 10.7. The molecule has 1 saturated heterocycles. The molecule has 1 saturated carbocycles. The molecule has 0 aromatic rings. The Hall–Kier alpha value is -1.42. The van der Waals surface area contributed by atoms with Crippen LogP contribution in [0.1, 0.15) is 54.4 Å². The van der Waals surface area contributed by atoms with Crippen molar-refractivity contribution < 1.29 is 14.3 Å². The van der Waals surface area contributed by atoms with E-state index in [0.29, 0.717) is 11.7 Å². The molecule has 2 amide bonds. The Morgan fingerprint density at radius 1 is 1.28 bits per heavy atom. The van der Waals surface area contributed by atoms with Gasteiger partial charge in [0.2, 0.25) is 5.91 Å². The summed E-state index contributed by atoms with van der Waals surface area (Å²) in [7, 11) is 0. The molecule has 0 aromatic carbocycles.